The molecule has 32 heavy (non-hydrogen) atoms. The summed E-state index contributed by atoms with van der Waals surface area (Å²) in [5.74, 6) is 1.03. The van der Waals surface area contributed by atoms with Crippen LogP contribution in [-0.4, -0.2) is 84.7 Å². The van der Waals surface area contributed by atoms with Crippen LogP contribution < -0.4 is 4.74 Å². The number of hydrogen-bond acceptors (Lipinski definition) is 6. The molecule has 2 fully saturated rings. The van der Waals surface area contributed by atoms with Crippen molar-refractivity contribution >= 4 is 10.8 Å². The second kappa shape index (κ2) is 9.46. The summed E-state index contributed by atoms with van der Waals surface area (Å²) in [6.07, 6.45) is -0.538. The van der Waals surface area contributed by atoms with E-state index in [2.05, 4.69) is 15.9 Å². The van der Waals surface area contributed by atoms with E-state index in [4.69, 9.17) is 9.47 Å². The van der Waals surface area contributed by atoms with E-state index in [1.807, 2.05) is 42.5 Å². The highest BCUT2D eigenvalue weighted by Crippen LogP contribution is 2.35. The highest BCUT2D eigenvalue weighted by Gasteiger charge is 2.29. The zero-order chi connectivity index (χ0) is 21.9. The summed E-state index contributed by atoms with van der Waals surface area (Å²) in [4.78, 5) is 4.81. The van der Waals surface area contributed by atoms with Crippen molar-refractivity contribution < 1.29 is 19.7 Å². The number of piperazine rings is 1. The summed E-state index contributed by atoms with van der Waals surface area (Å²) in [7, 11) is 0. The number of aromatic hydroxyl groups is 1. The Kier molecular flexibility index (Phi) is 6.28. The number of aliphatic hydroxyl groups is 1. The molecule has 6 heteroatoms. The lowest BCUT2D eigenvalue weighted by Gasteiger charge is -2.42. The number of benzene rings is 3. The van der Waals surface area contributed by atoms with Crippen LogP contribution in [0.3, 0.4) is 0 Å². The Hall–Kier alpha value is -2.64. The molecule has 3 aromatic carbocycles. The molecule has 0 aliphatic carbocycles. The van der Waals surface area contributed by atoms with Gasteiger partial charge in [0.25, 0.3) is 0 Å². The van der Waals surface area contributed by atoms with Gasteiger partial charge in [-0.05, 0) is 34.7 Å². The van der Waals surface area contributed by atoms with Crippen LogP contribution in [0.15, 0.2) is 60.7 Å². The van der Waals surface area contributed by atoms with Gasteiger partial charge >= 0.3 is 0 Å². The molecule has 0 radical (unpaired) electrons. The van der Waals surface area contributed by atoms with Crippen LogP contribution in [0.4, 0.5) is 0 Å². The topological polar surface area (TPSA) is 65.4 Å². The van der Waals surface area contributed by atoms with Gasteiger partial charge in [0, 0.05) is 38.1 Å². The maximum atomic E-state index is 10.6. The van der Waals surface area contributed by atoms with Crippen LogP contribution in [0.5, 0.6) is 11.5 Å². The molecule has 2 heterocycles. The summed E-state index contributed by atoms with van der Waals surface area (Å²) in [6, 6.07) is 20.0. The number of β-amino-alcohol motifs (C(OH)–C–C–N with tert-alkyl or cyclic N) is 1. The lowest BCUT2D eigenvalue weighted by Crippen LogP contribution is -2.57. The molecular formula is C26H30N2O4. The average Bonchev–Trinajstić information content (AvgIpc) is 2.78. The van der Waals surface area contributed by atoms with Crippen molar-refractivity contribution in [1.29, 1.82) is 0 Å². The van der Waals surface area contributed by atoms with Crippen LogP contribution in [0.1, 0.15) is 0 Å². The number of fused-ring (bicyclic) bond motifs is 1. The molecule has 0 spiro atoms. The second-order valence-corrected chi connectivity index (χ2v) is 8.70. The van der Waals surface area contributed by atoms with Crippen molar-refractivity contribution in [3.05, 3.63) is 60.7 Å². The quantitative estimate of drug-likeness (QED) is 0.596. The fourth-order valence-corrected chi connectivity index (χ4v) is 4.57. The fraction of sp³-hybridized carbons (Fsp3) is 0.385. The second-order valence-electron chi connectivity index (χ2n) is 8.70. The fourth-order valence-electron chi connectivity index (χ4n) is 4.57. The summed E-state index contributed by atoms with van der Waals surface area (Å²) in [5, 5.41) is 22.3. The third-order valence-electron chi connectivity index (χ3n) is 6.51. The molecule has 5 rings (SSSR count). The maximum absolute atomic E-state index is 10.6. The molecule has 0 aromatic heterocycles. The van der Waals surface area contributed by atoms with Gasteiger partial charge < -0.3 is 19.7 Å². The minimum Gasteiger partial charge on any atom is -0.508 e. The molecule has 0 amide bonds. The molecule has 2 aliphatic heterocycles. The molecule has 2 saturated heterocycles. The Morgan fingerprint density at radius 1 is 0.906 bits per heavy atom. The van der Waals surface area contributed by atoms with E-state index in [9.17, 15) is 10.2 Å². The molecular weight excluding hydrogens is 404 g/mol. The highest BCUT2D eigenvalue weighted by atomic mass is 16.5. The van der Waals surface area contributed by atoms with Gasteiger partial charge in [0.2, 0.25) is 0 Å². The number of rotatable bonds is 7. The lowest BCUT2D eigenvalue weighted by molar-refractivity contribution is -0.0793. The number of nitrogens with zero attached hydrogens (tertiary/aromatic N) is 2. The number of ether oxygens (including phenoxy) is 2. The first-order valence-corrected chi connectivity index (χ1v) is 11.3. The summed E-state index contributed by atoms with van der Waals surface area (Å²) < 4.78 is 11.4. The van der Waals surface area contributed by atoms with E-state index >= 15 is 0 Å². The standard InChI is InChI=1S/C26H30N2O4/c29-21-7-5-19(6-8-21)23-9-10-26(25-4-2-1-3-24(23)25)32-18-22(30)15-27-11-13-28(14-12-27)20-16-31-17-20/h1-10,20,22,29-30H,11-18H2. The van der Waals surface area contributed by atoms with Crippen LogP contribution in [0, 0.1) is 0 Å². The van der Waals surface area contributed by atoms with Crippen molar-refractivity contribution in [3.8, 4) is 22.6 Å². The van der Waals surface area contributed by atoms with E-state index in [0.29, 0.717) is 12.6 Å². The van der Waals surface area contributed by atoms with Crippen molar-refractivity contribution in [2.24, 2.45) is 0 Å². The first-order chi connectivity index (χ1) is 15.7. The SMILES string of the molecule is Oc1ccc(-c2ccc(OCC(O)CN3CCN(C4COC4)CC3)c3ccccc23)cc1. The summed E-state index contributed by atoms with van der Waals surface area (Å²) >= 11 is 0. The Morgan fingerprint density at radius 3 is 2.31 bits per heavy atom. The predicted octanol–water partition coefficient (Wildman–Crippen LogP) is 2.97. The van der Waals surface area contributed by atoms with E-state index in [1.165, 1.54) is 0 Å². The van der Waals surface area contributed by atoms with Crippen molar-refractivity contribution in [2.45, 2.75) is 12.1 Å². The maximum Gasteiger partial charge on any atom is 0.127 e. The Morgan fingerprint density at radius 2 is 1.62 bits per heavy atom. The van der Waals surface area contributed by atoms with Gasteiger partial charge in [-0.3, -0.25) is 9.80 Å². The minimum absolute atomic E-state index is 0.255. The summed E-state index contributed by atoms with van der Waals surface area (Å²) in [5.41, 5.74) is 2.13. The number of phenolic OH excluding ortho intramolecular Hbond substituents is 1. The average molecular weight is 435 g/mol. The van der Waals surface area contributed by atoms with Crippen molar-refractivity contribution in [2.75, 3.05) is 52.5 Å². The van der Waals surface area contributed by atoms with Gasteiger partial charge in [0.1, 0.15) is 24.2 Å². The van der Waals surface area contributed by atoms with Crippen LogP contribution in [0.25, 0.3) is 21.9 Å². The van der Waals surface area contributed by atoms with E-state index in [0.717, 1.165) is 67.0 Å². The van der Waals surface area contributed by atoms with Crippen molar-refractivity contribution in [1.82, 2.24) is 9.80 Å². The normalized spacial score (nSPS) is 19.0. The van der Waals surface area contributed by atoms with Crippen LogP contribution >= 0.6 is 0 Å². The molecule has 2 aliphatic rings. The van der Waals surface area contributed by atoms with E-state index < -0.39 is 6.10 Å². The van der Waals surface area contributed by atoms with Crippen LogP contribution in [-0.2, 0) is 4.74 Å². The number of phenols is 1. The van der Waals surface area contributed by atoms with Gasteiger partial charge in [-0.1, -0.05) is 42.5 Å². The summed E-state index contributed by atoms with van der Waals surface area (Å²) in [6.45, 7) is 6.61. The van der Waals surface area contributed by atoms with E-state index in [-0.39, 0.29) is 12.4 Å². The van der Waals surface area contributed by atoms with Gasteiger partial charge in [-0.15, -0.1) is 0 Å². The zero-order valence-corrected chi connectivity index (χ0v) is 18.2. The van der Waals surface area contributed by atoms with Crippen molar-refractivity contribution in [3.63, 3.8) is 0 Å². The predicted molar refractivity (Wildman–Crippen MR) is 125 cm³/mol. The smallest absolute Gasteiger partial charge is 0.127 e. The third-order valence-corrected chi connectivity index (χ3v) is 6.51. The molecule has 1 atom stereocenters. The number of aliphatic hydroxyl groups excluding tert-OH is 1. The largest absolute Gasteiger partial charge is 0.508 e. The first-order valence-electron chi connectivity index (χ1n) is 11.3. The highest BCUT2D eigenvalue weighted by molar-refractivity contribution is 6.00. The molecule has 6 nitrogen and oxygen atoms in total. The van der Waals surface area contributed by atoms with E-state index in [1.54, 1.807) is 12.1 Å². The number of hydrogen-bond donors (Lipinski definition) is 2. The van der Waals surface area contributed by atoms with Gasteiger partial charge in [-0.2, -0.15) is 0 Å². The minimum atomic E-state index is -0.538. The molecule has 2 N–H and O–H groups in total. The zero-order valence-electron chi connectivity index (χ0n) is 18.2. The Bertz CT molecular complexity index is 1040. The Balaban J connectivity index is 1.22. The third kappa shape index (κ3) is 4.59. The van der Waals surface area contributed by atoms with Crippen LogP contribution in [0.2, 0.25) is 0 Å². The lowest BCUT2D eigenvalue weighted by atomic mass is 9.97. The molecule has 3 aromatic rings. The molecule has 0 saturated carbocycles. The van der Waals surface area contributed by atoms with Gasteiger partial charge in [0.05, 0.1) is 19.3 Å². The van der Waals surface area contributed by atoms with Gasteiger partial charge in [0.15, 0.2) is 0 Å². The Labute approximate surface area is 188 Å². The molecule has 1 unspecified atom stereocenters. The first kappa shape index (κ1) is 21.2. The molecule has 0 bridgehead atoms. The van der Waals surface area contributed by atoms with Gasteiger partial charge in [-0.25, -0.2) is 0 Å². The molecule has 168 valence electrons. The monoisotopic (exact) mass is 434 g/mol.